The molecular weight excluding hydrogens is 793 g/mol. The van der Waals surface area contributed by atoms with Gasteiger partial charge in [0.2, 0.25) is 0 Å². The van der Waals surface area contributed by atoms with Crippen molar-refractivity contribution in [1.29, 1.82) is 0 Å². The molecule has 0 aromatic heterocycles. The van der Waals surface area contributed by atoms with Crippen LogP contribution in [0.15, 0.2) is 60.8 Å². The van der Waals surface area contributed by atoms with E-state index in [2.05, 4.69) is 57.2 Å². The summed E-state index contributed by atoms with van der Waals surface area (Å²) >= 11 is 0. The molecule has 0 amide bonds. The van der Waals surface area contributed by atoms with Crippen LogP contribution in [0.25, 0.3) is 0 Å². The third kappa shape index (κ3) is 50.1. The number of hydrogen-bond acceptors (Lipinski definition) is 6. The number of unbranched alkanes of at least 4 members (excludes halogenated alkanes) is 32. The van der Waals surface area contributed by atoms with Gasteiger partial charge in [-0.2, -0.15) is 0 Å². The summed E-state index contributed by atoms with van der Waals surface area (Å²) in [5, 5.41) is 0. The van der Waals surface area contributed by atoms with Gasteiger partial charge in [-0.1, -0.05) is 274 Å². The van der Waals surface area contributed by atoms with Crippen molar-refractivity contribution in [2.45, 2.75) is 277 Å². The maximum absolute atomic E-state index is 12.8. The van der Waals surface area contributed by atoms with Crippen molar-refractivity contribution in [1.82, 2.24) is 0 Å². The lowest BCUT2D eigenvalue weighted by molar-refractivity contribution is -0.167. The van der Waals surface area contributed by atoms with E-state index in [-0.39, 0.29) is 31.1 Å². The van der Waals surface area contributed by atoms with E-state index in [0.29, 0.717) is 19.3 Å². The second-order valence-corrected chi connectivity index (χ2v) is 18.3. The Labute approximate surface area is 396 Å². The largest absolute Gasteiger partial charge is 0.462 e. The molecule has 0 radical (unpaired) electrons. The molecule has 0 fully saturated rings. The topological polar surface area (TPSA) is 78.9 Å². The first-order chi connectivity index (χ1) is 31.5. The summed E-state index contributed by atoms with van der Waals surface area (Å²) < 4.78 is 16.8. The second-order valence-electron chi connectivity index (χ2n) is 18.3. The smallest absolute Gasteiger partial charge is 0.306 e. The normalized spacial score (nSPS) is 12.5. The highest BCUT2D eigenvalue weighted by Crippen LogP contribution is 2.16. The Morgan fingerprint density at radius 2 is 0.594 bits per heavy atom. The molecular formula is C58H102O6. The van der Waals surface area contributed by atoms with Crippen molar-refractivity contribution in [2.75, 3.05) is 13.2 Å². The lowest BCUT2D eigenvalue weighted by atomic mass is 10.0. The summed E-state index contributed by atoms with van der Waals surface area (Å²) in [4.78, 5) is 38.0. The highest BCUT2D eigenvalue weighted by Gasteiger charge is 2.19. The van der Waals surface area contributed by atoms with Crippen molar-refractivity contribution in [3.05, 3.63) is 60.8 Å². The molecule has 0 saturated carbocycles. The van der Waals surface area contributed by atoms with Crippen LogP contribution in [-0.4, -0.2) is 37.2 Å². The van der Waals surface area contributed by atoms with Gasteiger partial charge in [0.05, 0.1) is 0 Å². The van der Waals surface area contributed by atoms with Crippen LogP contribution in [0.4, 0.5) is 0 Å². The molecule has 6 heteroatoms. The summed E-state index contributed by atoms with van der Waals surface area (Å²) in [7, 11) is 0. The molecule has 0 rings (SSSR count). The van der Waals surface area contributed by atoms with E-state index in [4.69, 9.17) is 14.2 Å². The summed E-state index contributed by atoms with van der Waals surface area (Å²) in [5.74, 6) is -0.895. The monoisotopic (exact) mass is 895 g/mol. The Morgan fingerprint density at radius 3 is 0.938 bits per heavy atom. The molecule has 0 aliphatic heterocycles. The third-order valence-electron chi connectivity index (χ3n) is 11.9. The predicted molar refractivity (Wildman–Crippen MR) is 275 cm³/mol. The zero-order valence-electron chi connectivity index (χ0n) is 42.3. The maximum Gasteiger partial charge on any atom is 0.306 e. The SMILES string of the molecule is CCC\C=C/C=C\C=C/C=C\C=C/CCCCCCCC(=O)OCC(COC(=O)CCCCCCCCCCCCC)OC(=O)CCCCCCCCCCCCCCCCCCC. The van der Waals surface area contributed by atoms with Gasteiger partial charge >= 0.3 is 17.9 Å². The molecule has 0 aromatic rings. The minimum atomic E-state index is -0.781. The minimum absolute atomic E-state index is 0.0791. The van der Waals surface area contributed by atoms with Crippen LogP contribution < -0.4 is 0 Å². The van der Waals surface area contributed by atoms with Gasteiger partial charge in [0.15, 0.2) is 6.10 Å². The highest BCUT2D eigenvalue weighted by molar-refractivity contribution is 5.71. The second kappa shape index (κ2) is 52.7. The molecule has 0 saturated heterocycles. The van der Waals surface area contributed by atoms with Crippen molar-refractivity contribution in [2.24, 2.45) is 0 Å². The standard InChI is InChI=1S/C58H102O6/c1-4-7-10-13-16-19-22-24-26-28-30-31-33-36-39-42-45-48-51-57(60)63-54-55(53-62-56(59)50-47-44-41-38-35-21-18-15-12-9-6-3)64-58(61)52-49-46-43-40-37-34-32-29-27-25-23-20-17-14-11-8-5-2/h10,13,16,19,22,24,26,28,30-31,55H,4-9,11-12,14-15,17-18,20-21,23,25,27,29,32-54H2,1-3H3/b13-10-,19-16-,24-22-,28-26-,31-30-. The number of allylic oxidation sites excluding steroid dienone is 10. The van der Waals surface area contributed by atoms with Crippen LogP contribution in [0.3, 0.4) is 0 Å². The summed E-state index contributed by atoms with van der Waals surface area (Å²) in [6.07, 6.45) is 64.8. The Bertz CT molecular complexity index is 1170. The van der Waals surface area contributed by atoms with Crippen LogP contribution in [0.1, 0.15) is 271 Å². The van der Waals surface area contributed by atoms with E-state index in [0.717, 1.165) is 83.5 Å². The van der Waals surface area contributed by atoms with Gasteiger partial charge in [-0.25, -0.2) is 0 Å². The zero-order valence-corrected chi connectivity index (χ0v) is 42.3. The first-order valence-corrected chi connectivity index (χ1v) is 27.4. The minimum Gasteiger partial charge on any atom is -0.462 e. The molecule has 0 bridgehead atoms. The molecule has 1 atom stereocenters. The Kier molecular flexibility index (Phi) is 50.4. The highest BCUT2D eigenvalue weighted by atomic mass is 16.6. The van der Waals surface area contributed by atoms with Gasteiger partial charge in [0.1, 0.15) is 13.2 Å². The first kappa shape index (κ1) is 61.1. The summed E-state index contributed by atoms with van der Waals surface area (Å²) in [6, 6.07) is 0. The van der Waals surface area contributed by atoms with E-state index < -0.39 is 6.10 Å². The van der Waals surface area contributed by atoms with Crippen LogP contribution in [0, 0.1) is 0 Å². The molecule has 0 N–H and O–H groups in total. The average Bonchev–Trinajstić information content (AvgIpc) is 3.29. The van der Waals surface area contributed by atoms with Crippen LogP contribution in [0.5, 0.6) is 0 Å². The van der Waals surface area contributed by atoms with Gasteiger partial charge < -0.3 is 14.2 Å². The van der Waals surface area contributed by atoms with Gasteiger partial charge in [-0.05, 0) is 38.5 Å². The molecule has 370 valence electrons. The number of carbonyl (C=O) groups excluding carboxylic acids is 3. The lowest BCUT2D eigenvalue weighted by Gasteiger charge is -2.18. The molecule has 0 spiro atoms. The average molecular weight is 895 g/mol. The van der Waals surface area contributed by atoms with Gasteiger partial charge in [-0.15, -0.1) is 0 Å². The van der Waals surface area contributed by atoms with Crippen molar-refractivity contribution in [3.63, 3.8) is 0 Å². The Morgan fingerprint density at radius 1 is 0.312 bits per heavy atom. The van der Waals surface area contributed by atoms with E-state index in [9.17, 15) is 14.4 Å². The van der Waals surface area contributed by atoms with E-state index in [1.807, 2.05) is 24.3 Å². The summed E-state index contributed by atoms with van der Waals surface area (Å²) in [5.41, 5.74) is 0. The van der Waals surface area contributed by atoms with Crippen LogP contribution in [-0.2, 0) is 28.6 Å². The molecule has 1 unspecified atom stereocenters. The number of hydrogen-bond donors (Lipinski definition) is 0. The van der Waals surface area contributed by atoms with Crippen molar-refractivity contribution >= 4 is 17.9 Å². The zero-order chi connectivity index (χ0) is 46.5. The number of carbonyl (C=O) groups is 3. The fraction of sp³-hybridized carbons (Fsp3) is 0.776. The Balaban J connectivity index is 4.38. The fourth-order valence-electron chi connectivity index (χ4n) is 7.77. The first-order valence-electron chi connectivity index (χ1n) is 27.4. The van der Waals surface area contributed by atoms with Gasteiger partial charge in [0.25, 0.3) is 0 Å². The molecule has 0 aromatic carbocycles. The van der Waals surface area contributed by atoms with E-state index in [1.54, 1.807) is 0 Å². The van der Waals surface area contributed by atoms with Crippen LogP contribution in [0.2, 0.25) is 0 Å². The summed E-state index contributed by atoms with van der Waals surface area (Å²) in [6.45, 7) is 6.55. The van der Waals surface area contributed by atoms with E-state index in [1.165, 1.54) is 148 Å². The molecule has 0 aliphatic rings. The van der Waals surface area contributed by atoms with Gasteiger partial charge in [0, 0.05) is 19.3 Å². The van der Waals surface area contributed by atoms with E-state index >= 15 is 0 Å². The number of rotatable bonds is 49. The molecule has 64 heavy (non-hydrogen) atoms. The predicted octanol–water partition coefficient (Wildman–Crippen LogP) is 18.0. The number of esters is 3. The quantitative estimate of drug-likeness (QED) is 0.0262. The van der Waals surface area contributed by atoms with Crippen molar-refractivity contribution < 1.29 is 28.6 Å². The molecule has 0 heterocycles. The van der Waals surface area contributed by atoms with Gasteiger partial charge in [-0.3, -0.25) is 14.4 Å². The fourth-order valence-corrected chi connectivity index (χ4v) is 7.77. The Hall–Kier alpha value is -2.89. The van der Waals surface area contributed by atoms with Crippen molar-refractivity contribution in [3.8, 4) is 0 Å². The third-order valence-corrected chi connectivity index (χ3v) is 11.9. The maximum atomic E-state index is 12.8. The molecule has 0 aliphatic carbocycles. The number of ether oxygens (including phenoxy) is 3. The molecule has 6 nitrogen and oxygen atoms in total. The van der Waals surface area contributed by atoms with Crippen LogP contribution >= 0.6 is 0 Å². The lowest BCUT2D eigenvalue weighted by Crippen LogP contribution is -2.30.